The average Bonchev–Trinajstić information content (AvgIpc) is 2.30. The van der Waals surface area contributed by atoms with E-state index in [0.717, 1.165) is 28.9 Å². The molecule has 0 aliphatic heterocycles. The first-order valence-electron chi connectivity index (χ1n) is 5.57. The molecule has 0 radical (unpaired) electrons. The fraction of sp³-hybridized carbons (Fsp3) is 0.500. The minimum atomic E-state index is -0.181. The van der Waals surface area contributed by atoms with Crippen LogP contribution in [0.1, 0.15) is 12.0 Å². The zero-order valence-electron chi connectivity index (χ0n) is 9.59. The van der Waals surface area contributed by atoms with E-state index in [9.17, 15) is 4.39 Å². The molecule has 2 nitrogen and oxygen atoms in total. The van der Waals surface area contributed by atoms with E-state index in [1.165, 1.54) is 6.07 Å². The Morgan fingerprint density at radius 2 is 2.18 bits per heavy atom. The van der Waals surface area contributed by atoms with Gasteiger partial charge in [0.1, 0.15) is 5.82 Å². The van der Waals surface area contributed by atoms with Crippen LogP contribution in [0.2, 0.25) is 0 Å². The minimum absolute atomic E-state index is 0.181. The number of hydrogen-bond donors (Lipinski definition) is 2. The smallest absolute Gasteiger partial charge is 0.128 e. The van der Waals surface area contributed by atoms with Gasteiger partial charge in [-0.05, 0) is 24.3 Å². The van der Waals surface area contributed by atoms with Crippen molar-refractivity contribution < 1.29 is 9.50 Å². The van der Waals surface area contributed by atoms with Crippen molar-refractivity contribution in [3.8, 4) is 0 Å². The quantitative estimate of drug-likeness (QED) is 0.722. The lowest BCUT2D eigenvalue weighted by atomic mass is 10.2. The van der Waals surface area contributed by atoms with E-state index in [0.29, 0.717) is 12.1 Å². The van der Waals surface area contributed by atoms with Gasteiger partial charge in [0, 0.05) is 35.5 Å². The number of aliphatic hydroxyl groups is 1. The Morgan fingerprint density at radius 1 is 1.35 bits per heavy atom. The van der Waals surface area contributed by atoms with Gasteiger partial charge in [0.15, 0.2) is 0 Å². The van der Waals surface area contributed by atoms with E-state index < -0.39 is 0 Å². The molecule has 96 valence electrons. The molecule has 17 heavy (non-hydrogen) atoms. The van der Waals surface area contributed by atoms with Crippen LogP contribution in [0.3, 0.4) is 0 Å². The van der Waals surface area contributed by atoms with E-state index in [-0.39, 0.29) is 12.4 Å². The number of hydrogen-bond acceptors (Lipinski definition) is 3. The summed E-state index contributed by atoms with van der Waals surface area (Å²) < 4.78 is 14.2. The second kappa shape index (κ2) is 8.91. The van der Waals surface area contributed by atoms with Gasteiger partial charge in [-0.2, -0.15) is 11.8 Å². The zero-order valence-corrected chi connectivity index (χ0v) is 12.0. The van der Waals surface area contributed by atoms with E-state index >= 15 is 0 Å². The van der Waals surface area contributed by atoms with Crippen molar-refractivity contribution in [3.05, 3.63) is 34.1 Å². The van der Waals surface area contributed by atoms with E-state index in [1.54, 1.807) is 17.8 Å². The maximum atomic E-state index is 13.4. The first kappa shape index (κ1) is 15.0. The molecule has 0 aliphatic carbocycles. The molecule has 0 saturated carbocycles. The van der Waals surface area contributed by atoms with E-state index in [2.05, 4.69) is 21.2 Å². The fourth-order valence-electron chi connectivity index (χ4n) is 1.30. The SMILES string of the molecule is OCCCSCCNCc1ccc(Br)cc1F. The van der Waals surface area contributed by atoms with Gasteiger partial charge in [0.2, 0.25) is 0 Å². The molecule has 0 spiro atoms. The standard InChI is InChI=1S/C12H17BrFNOS/c13-11-3-2-10(12(14)8-11)9-15-4-7-17-6-1-5-16/h2-3,8,15-16H,1,4-7,9H2. The summed E-state index contributed by atoms with van der Waals surface area (Å²) in [4.78, 5) is 0. The molecule has 0 atom stereocenters. The third kappa shape index (κ3) is 6.41. The van der Waals surface area contributed by atoms with Crippen molar-refractivity contribution in [1.82, 2.24) is 5.32 Å². The number of aliphatic hydroxyl groups excluding tert-OH is 1. The molecule has 0 saturated heterocycles. The molecule has 1 aromatic carbocycles. The van der Waals surface area contributed by atoms with Gasteiger partial charge >= 0.3 is 0 Å². The Bertz CT molecular complexity index is 338. The van der Waals surface area contributed by atoms with Gasteiger partial charge in [-0.25, -0.2) is 4.39 Å². The van der Waals surface area contributed by atoms with Gasteiger partial charge in [0.05, 0.1) is 0 Å². The Balaban J connectivity index is 2.14. The minimum Gasteiger partial charge on any atom is -0.396 e. The highest BCUT2D eigenvalue weighted by Gasteiger charge is 2.01. The molecule has 0 aromatic heterocycles. The molecule has 0 aliphatic rings. The number of thioether (sulfide) groups is 1. The Kier molecular flexibility index (Phi) is 7.84. The lowest BCUT2D eigenvalue weighted by Gasteiger charge is -2.06. The Morgan fingerprint density at radius 3 is 2.88 bits per heavy atom. The van der Waals surface area contributed by atoms with Crippen molar-refractivity contribution in [3.63, 3.8) is 0 Å². The third-order valence-electron chi connectivity index (χ3n) is 2.20. The second-order valence-corrected chi connectivity index (χ2v) is 5.74. The molecule has 0 unspecified atom stereocenters. The highest BCUT2D eigenvalue weighted by atomic mass is 79.9. The van der Waals surface area contributed by atoms with Crippen LogP contribution in [0, 0.1) is 5.82 Å². The van der Waals surface area contributed by atoms with Crippen LogP contribution in [-0.2, 0) is 6.54 Å². The molecule has 0 fully saturated rings. The molecule has 0 amide bonds. The lowest BCUT2D eigenvalue weighted by Crippen LogP contribution is -2.17. The molecule has 2 N–H and O–H groups in total. The van der Waals surface area contributed by atoms with Crippen LogP contribution in [0.15, 0.2) is 22.7 Å². The molecular formula is C12H17BrFNOS. The van der Waals surface area contributed by atoms with Crippen molar-refractivity contribution >= 4 is 27.7 Å². The molecule has 5 heteroatoms. The third-order valence-corrected chi connectivity index (χ3v) is 3.76. The molecule has 1 rings (SSSR count). The van der Waals surface area contributed by atoms with Crippen LogP contribution in [0.4, 0.5) is 4.39 Å². The summed E-state index contributed by atoms with van der Waals surface area (Å²) in [6, 6.07) is 5.11. The molecule has 0 bridgehead atoms. The van der Waals surface area contributed by atoms with Crippen LogP contribution in [0.25, 0.3) is 0 Å². The van der Waals surface area contributed by atoms with Crippen molar-refractivity contribution in [1.29, 1.82) is 0 Å². The fourth-order valence-corrected chi connectivity index (χ4v) is 2.46. The number of benzene rings is 1. The summed E-state index contributed by atoms with van der Waals surface area (Å²) in [6.45, 7) is 1.66. The maximum absolute atomic E-state index is 13.4. The van der Waals surface area contributed by atoms with Crippen LogP contribution >= 0.6 is 27.7 Å². The summed E-state index contributed by atoms with van der Waals surface area (Å²) in [5.41, 5.74) is 0.688. The topological polar surface area (TPSA) is 32.3 Å². The van der Waals surface area contributed by atoms with E-state index in [1.807, 2.05) is 6.07 Å². The lowest BCUT2D eigenvalue weighted by molar-refractivity contribution is 0.296. The van der Waals surface area contributed by atoms with Gasteiger partial charge in [-0.15, -0.1) is 0 Å². The molecule has 1 aromatic rings. The number of halogens is 2. The summed E-state index contributed by atoms with van der Waals surface area (Å²) in [5.74, 6) is 1.78. The van der Waals surface area contributed by atoms with Crippen LogP contribution < -0.4 is 5.32 Å². The van der Waals surface area contributed by atoms with Gasteiger partial charge < -0.3 is 10.4 Å². The van der Waals surface area contributed by atoms with Crippen molar-refractivity contribution in [2.75, 3.05) is 24.7 Å². The Labute approximate surface area is 114 Å². The average molecular weight is 322 g/mol. The summed E-state index contributed by atoms with van der Waals surface area (Å²) in [5, 5.41) is 11.8. The van der Waals surface area contributed by atoms with Crippen LogP contribution in [-0.4, -0.2) is 29.8 Å². The normalized spacial score (nSPS) is 10.8. The first-order valence-corrected chi connectivity index (χ1v) is 7.52. The van der Waals surface area contributed by atoms with Crippen molar-refractivity contribution in [2.45, 2.75) is 13.0 Å². The summed E-state index contributed by atoms with van der Waals surface area (Å²) in [7, 11) is 0. The predicted molar refractivity (Wildman–Crippen MR) is 74.8 cm³/mol. The highest BCUT2D eigenvalue weighted by Crippen LogP contribution is 2.14. The van der Waals surface area contributed by atoms with Crippen LogP contribution in [0.5, 0.6) is 0 Å². The monoisotopic (exact) mass is 321 g/mol. The molecule has 0 heterocycles. The number of nitrogens with one attached hydrogen (secondary N) is 1. The van der Waals surface area contributed by atoms with E-state index in [4.69, 9.17) is 5.11 Å². The van der Waals surface area contributed by atoms with Gasteiger partial charge in [-0.1, -0.05) is 22.0 Å². The zero-order chi connectivity index (χ0) is 12.5. The maximum Gasteiger partial charge on any atom is 0.128 e. The van der Waals surface area contributed by atoms with Gasteiger partial charge in [0.25, 0.3) is 0 Å². The second-order valence-electron chi connectivity index (χ2n) is 3.60. The first-order chi connectivity index (χ1) is 8.24. The summed E-state index contributed by atoms with van der Waals surface area (Å²) in [6.07, 6.45) is 0.839. The number of rotatable bonds is 8. The predicted octanol–water partition coefficient (Wildman–Crippen LogP) is 2.79. The van der Waals surface area contributed by atoms with Crippen molar-refractivity contribution in [2.24, 2.45) is 0 Å². The summed E-state index contributed by atoms with van der Waals surface area (Å²) >= 11 is 5.03. The van der Waals surface area contributed by atoms with Gasteiger partial charge in [-0.3, -0.25) is 0 Å². The molecular weight excluding hydrogens is 305 g/mol. The highest BCUT2D eigenvalue weighted by molar-refractivity contribution is 9.10. The Hall–Kier alpha value is -0.100. The largest absolute Gasteiger partial charge is 0.396 e.